The first-order valence-electron chi connectivity index (χ1n) is 9.48. The average molecular weight is 382 g/mol. The van der Waals surface area contributed by atoms with Crippen LogP contribution < -0.4 is 16.4 Å². The minimum absolute atomic E-state index is 0.0133. The maximum Gasteiger partial charge on any atom is 0.269 e. The number of hydrogen-bond donors (Lipinski definition) is 3. The minimum Gasteiger partial charge on any atom is -0.368 e. The number of carbonyl (C=O) groups is 2. The summed E-state index contributed by atoms with van der Waals surface area (Å²) in [5.41, 5.74) is 6.00. The van der Waals surface area contributed by atoms with Crippen LogP contribution in [0.25, 0.3) is 0 Å². The first-order valence-corrected chi connectivity index (χ1v) is 9.48. The Kier molecular flexibility index (Phi) is 4.55. The van der Waals surface area contributed by atoms with Gasteiger partial charge in [-0.15, -0.1) is 0 Å². The Morgan fingerprint density at radius 1 is 1.39 bits per heavy atom. The van der Waals surface area contributed by atoms with Crippen molar-refractivity contribution in [2.75, 3.05) is 13.1 Å². The Hall–Kier alpha value is -2.92. The fourth-order valence-corrected chi connectivity index (χ4v) is 4.83. The number of nitrogens with zero attached hydrogens (tertiary/aromatic N) is 1. The smallest absolute Gasteiger partial charge is 0.269 e. The van der Waals surface area contributed by atoms with Crippen molar-refractivity contribution in [3.05, 3.63) is 39.9 Å². The van der Waals surface area contributed by atoms with E-state index in [1.165, 1.54) is 12.1 Å². The number of primary amides is 1. The summed E-state index contributed by atoms with van der Waals surface area (Å²) in [6.07, 6.45) is 2.24. The predicted octanol–water partition coefficient (Wildman–Crippen LogP) is 0.552. The number of hydrogen-bond acceptors (Lipinski definition) is 5. The van der Waals surface area contributed by atoms with Gasteiger partial charge in [0.2, 0.25) is 11.8 Å². The highest BCUT2D eigenvalue weighted by Crippen LogP contribution is 2.64. The number of non-ortho nitro benzene ring substituents is 1. The van der Waals surface area contributed by atoms with Crippen molar-refractivity contribution in [2.24, 2.45) is 28.9 Å². The minimum atomic E-state index is -0.450. The second kappa shape index (κ2) is 6.91. The Bertz CT molecular complexity index is 888. The molecule has 8 nitrogen and oxygen atoms in total. The summed E-state index contributed by atoms with van der Waals surface area (Å²) in [7, 11) is 0. The number of carbonyl (C=O) groups excluding carboxylic acids is 2. The second-order valence-electron chi connectivity index (χ2n) is 7.90. The zero-order chi connectivity index (χ0) is 19.9. The van der Waals surface area contributed by atoms with E-state index in [2.05, 4.69) is 22.5 Å². The van der Waals surface area contributed by atoms with Crippen LogP contribution in [0, 0.1) is 45.1 Å². The molecule has 8 heteroatoms. The van der Waals surface area contributed by atoms with Gasteiger partial charge in [0.25, 0.3) is 5.69 Å². The number of amides is 2. The Morgan fingerprint density at radius 3 is 2.71 bits per heavy atom. The standard InChI is InChI=1S/C20H22N4O4/c21-18(25)17-20(10-15(20)11-23-17)14(9-13-7-8-22-19(13)26)4-1-12-2-5-16(6-3-12)24(27)28/h2-3,5-6,13-15,17,23H,7-11H2,(H2,21,25)(H,22,26)/t13-,14-,15?,17?,20?/m1/s1. The van der Waals surface area contributed by atoms with Crippen molar-refractivity contribution in [1.82, 2.24) is 10.6 Å². The van der Waals surface area contributed by atoms with Crippen LogP contribution in [0.2, 0.25) is 0 Å². The van der Waals surface area contributed by atoms with E-state index in [9.17, 15) is 19.7 Å². The Morgan fingerprint density at radius 2 is 2.14 bits per heavy atom. The van der Waals surface area contributed by atoms with Gasteiger partial charge < -0.3 is 16.4 Å². The molecule has 0 spiro atoms. The lowest BCUT2D eigenvalue weighted by Crippen LogP contribution is -2.46. The van der Waals surface area contributed by atoms with Crippen LogP contribution in [-0.2, 0) is 9.59 Å². The van der Waals surface area contributed by atoms with E-state index >= 15 is 0 Å². The molecule has 2 heterocycles. The molecule has 2 aliphatic heterocycles. The van der Waals surface area contributed by atoms with E-state index in [0.29, 0.717) is 24.4 Å². The number of nitrogens with one attached hydrogen (secondary N) is 2. The van der Waals surface area contributed by atoms with Gasteiger partial charge in [-0.2, -0.15) is 0 Å². The molecule has 1 aliphatic carbocycles. The summed E-state index contributed by atoms with van der Waals surface area (Å²) in [5.74, 6) is 6.14. The molecule has 146 valence electrons. The van der Waals surface area contributed by atoms with Crippen molar-refractivity contribution in [2.45, 2.75) is 25.3 Å². The predicted molar refractivity (Wildman–Crippen MR) is 101 cm³/mol. The lowest BCUT2D eigenvalue weighted by Gasteiger charge is -2.28. The van der Waals surface area contributed by atoms with Crippen LogP contribution in [0.4, 0.5) is 5.69 Å². The molecule has 0 radical (unpaired) electrons. The Labute approximate surface area is 162 Å². The van der Waals surface area contributed by atoms with Gasteiger partial charge in [0.1, 0.15) is 0 Å². The maximum atomic E-state index is 12.1. The third-order valence-corrected chi connectivity index (χ3v) is 6.39. The molecule has 1 saturated carbocycles. The lowest BCUT2D eigenvalue weighted by atomic mass is 9.76. The van der Waals surface area contributed by atoms with Gasteiger partial charge in [0.05, 0.1) is 11.0 Å². The van der Waals surface area contributed by atoms with Crippen molar-refractivity contribution in [3.63, 3.8) is 0 Å². The van der Waals surface area contributed by atoms with Crippen LogP contribution >= 0.6 is 0 Å². The first kappa shape index (κ1) is 18.4. The SMILES string of the molecule is NC(=O)C1NCC2CC21[C@H](C#Cc1ccc([N+](=O)[O-])cc1)C[C@H]1CCNC1=O. The summed E-state index contributed by atoms with van der Waals surface area (Å²) in [6.45, 7) is 1.40. The zero-order valence-electron chi connectivity index (χ0n) is 15.3. The molecule has 3 fully saturated rings. The third kappa shape index (κ3) is 3.12. The summed E-state index contributed by atoms with van der Waals surface area (Å²) in [4.78, 5) is 34.5. The molecular weight excluding hydrogens is 360 g/mol. The van der Waals surface area contributed by atoms with Crippen molar-refractivity contribution in [3.8, 4) is 11.8 Å². The highest BCUT2D eigenvalue weighted by molar-refractivity contribution is 5.83. The normalized spacial score (nSPS) is 31.3. The molecule has 4 N–H and O–H groups in total. The number of benzene rings is 1. The maximum absolute atomic E-state index is 12.1. The van der Waals surface area contributed by atoms with E-state index in [4.69, 9.17) is 5.73 Å². The van der Waals surface area contributed by atoms with Gasteiger partial charge in [-0.25, -0.2) is 0 Å². The molecule has 3 unspecified atom stereocenters. The number of nitro groups is 1. The molecule has 2 amide bonds. The third-order valence-electron chi connectivity index (χ3n) is 6.39. The van der Waals surface area contributed by atoms with Crippen LogP contribution in [0.1, 0.15) is 24.8 Å². The molecule has 4 rings (SSSR count). The summed E-state index contributed by atoms with van der Waals surface area (Å²) < 4.78 is 0. The highest BCUT2D eigenvalue weighted by atomic mass is 16.6. The van der Waals surface area contributed by atoms with Crippen LogP contribution in [0.3, 0.4) is 0 Å². The van der Waals surface area contributed by atoms with Crippen LogP contribution in [0.15, 0.2) is 24.3 Å². The second-order valence-corrected chi connectivity index (χ2v) is 7.90. The van der Waals surface area contributed by atoms with E-state index in [1.54, 1.807) is 12.1 Å². The molecule has 0 aromatic heterocycles. The van der Waals surface area contributed by atoms with Gasteiger partial charge in [0.15, 0.2) is 0 Å². The van der Waals surface area contributed by atoms with E-state index in [1.807, 2.05) is 0 Å². The zero-order valence-corrected chi connectivity index (χ0v) is 15.3. The quantitative estimate of drug-likeness (QED) is 0.389. The molecule has 0 bridgehead atoms. The van der Waals surface area contributed by atoms with Crippen molar-refractivity contribution >= 4 is 17.5 Å². The first-order chi connectivity index (χ1) is 13.4. The number of fused-ring (bicyclic) bond motifs is 1. The topological polar surface area (TPSA) is 127 Å². The molecule has 2 saturated heterocycles. The Balaban J connectivity index is 1.62. The fourth-order valence-electron chi connectivity index (χ4n) is 4.83. The highest BCUT2D eigenvalue weighted by Gasteiger charge is 2.68. The average Bonchev–Trinajstić information content (AvgIpc) is 3.04. The summed E-state index contributed by atoms with van der Waals surface area (Å²) in [6, 6.07) is 5.64. The van der Waals surface area contributed by atoms with Gasteiger partial charge in [-0.3, -0.25) is 19.7 Å². The van der Waals surface area contributed by atoms with Gasteiger partial charge >= 0.3 is 0 Å². The lowest BCUT2D eigenvalue weighted by molar-refractivity contribution is -0.384. The van der Waals surface area contributed by atoms with Gasteiger partial charge in [-0.1, -0.05) is 11.8 Å². The van der Waals surface area contributed by atoms with Crippen molar-refractivity contribution in [1.29, 1.82) is 0 Å². The monoisotopic (exact) mass is 382 g/mol. The number of nitro benzene ring substituents is 1. The van der Waals surface area contributed by atoms with E-state index in [-0.39, 0.29) is 34.8 Å². The fraction of sp³-hybridized carbons (Fsp3) is 0.500. The van der Waals surface area contributed by atoms with Crippen LogP contribution in [-0.4, -0.2) is 35.9 Å². The molecule has 28 heavy (non-hydrogen) atoms. The van der Waals surface area contributed by atoms with Crippen LogP contribution in [0.5, 0.6) is 0 Å². The largest absolute Gasteiger partial charge is 0.368 e. The molecular formula is C20H22N4O4. The number of nitrogens with two attached hydrogens (primary N) is 1. The molecule has 5 atom stereocenters. The van der Waals surface area contributed by atoms with Gasteiger partial charge in [0, 0.05) is 41.5 Å². The van der Waals surface area contributed by atoms with E-state index in [0.717, 1.165) is 19.4 Å². The number of piperidine rings is 1. The summed E-state index contributed by atoms with van der Waals surface area (Å²) in [5, 5.41) is 16.9. The number of rotatable bonds is 5. The molecule has 1 aromatic carbocycles. The van der Waals surface area contributed by atoms with Crippen molar-refractivity contribution < 1.29 is 14.5 Å². The summed E-state index contributed by atoms with van der Waals surface area (Å²) >= 11 is 0. The molecule has 3 aliphatic rings. The van der Waals surface area contributed by atoms with Gasteiger partial charge in [-0.05, 0) is 43.9 Å². The molecule has 1 aromatic rings. The van der Waals surface area contributed by atoms with E-state index < -0.39 is 11.0 Å².